The van der Waals surface area contributed by atoms with E-state index in [2.05, 4.69) is 0 Å². The molecule has 3 rings (SSSR count). The standard InChI is InChI=1S/C25H29ClFN5O5S.2ClH/c1-16(28)31-9-7-21(8-10-31)37-23-6-5-20(13-22(23)26)32(38(35,36)15-24(33)34)14-19(27)12-17-3-2-4-18(11-17)25(29)30;;/h2-6,11-13,21,28H,7-10,14-15H2,1H3,(H3,29,30)(H,33,34);2*1H/b19-12-,28-16?;;. The summed E-state index contributed by atoms with van der Waals surface area (Å²) >= 11 is 6.39. The molecule has 1 saturated heterocycles. The van der Waals surface area contributed by atoms with Crippen molar-refractivity contribution in [1.82, 2.24) is 4.90 Å². The molecular formula is C25H31Cl3FN5O5S. The number of benzene rings is 2. The number of nitrogens with zero attached hydrogens (tertiary/aromatic N) is 2. The topological polar surface area (TPSA) is 161 Å². The maximum absolute atomic E-state index is 15.0. The number of piperidine rings is 1. The Morgan fingerprint density at radius 1 is 1.23 bits per heavy atom. The third kappa shape index (κ3) is 9.54. The molecule has 0 unspecified atom stereocenters. The Hall–Kier alpha value is -3.06. The van der Waals surface area contributed by atoms with Gasteiger partial charge in [-0.1, -0.05) is 29.8 Å². The van der Waals surface area contributed by atoms with Gasteiger partial charge in [-0.3, -0.25) is 19.9 Å². The van der Waals surface area contributed by atoms with Gasteiger partial charge >= 0.3 is 5.97 Å². The van der Waals surface area contributed by atoms with Gasteiger partial charge in [0.15, 0.2) is 5.75 Å². The fraction of sp³-hybridized carbons (Fsp3) is 0.320. The van der Waals surface area contributed by atoms with Crippen LogP contribution in [0.3, 0.4) is 0 Å². The van der Waals surface area contributed by atoms with Gasteiger partial charge in [0.25, 0.3) is 0 Å². The summed E-state index contributed by atoms with van der Waals surface area (Å²) in [5, 5.41) is 24.5. The second-order valence-electron chi connectivity index (χ2n) is 8.79. The molecule has 0 amide bonds. The normalized spacial score (nSPS) is 14.0. The average molecular weight is 639 g/mol. The summed E-state index contributed by atoms with van der Waals surface area (Å²) in [5.41, 5.74) is 6.15. The van der Waals surface area contributed by atoms with E-state index >= 15 is 4.39 Å². The minimum Gasteiger partial charge on any atom is -0.489 e. The molecule has 5 N–H and O–H groups in total. The first-order valence-corrected chi connectivity index (χ1v) is 13.6. The zero-order valence-corrected chi connectivity index (χ0v) is 24.7. The van der Waals surface area contributed by atoms with Crippen LogP contribution in [0.1, 0.15) is 30.9 Å². The molecule has 10 nitrogen and oxygen atoms in total. The number of carboxylic acids is 1. The van der Waals surface area contributed by atoms with Crippen molar-refractivity contribution in [2.24, 2.45) is 5.73 Å². The highest BCUT2D eigenvalue weighted by Gasteiger charge is 2.28. The quantitative estimate of drug-likeness (QED) is 0.219. The predicted molar refractivity (Wildman–Crippen MR) is 160 cm³/mol. The number of hydrogen-bond acceptors (Lipinski definition) is 6. The van der Waals surface area contributed by atoms with Crippen LogP contribution in [-0.2, 0) is 14.8 Å². The van der Waals surface area contributed by atoms with Crippen LogP contribution < -0.4 is 14.8 Å². The first-order chi connectivity index (χ1) is 17.9. The summed E-state index contributed by atoms with van der Waals surface area (Å²) in [7, 11) is -4.48. The number of ether oxygens (including phenoxy) is 1. The number of nitrogen functional groups attached to an aromatic ring is 1. The van der Waals surface area contributed by atoms with Gasteiger partial charge in [0, 0.05) is 31.5 Å². The van der Waals surface area contributed by atoms with E-state index in [0.717, 1.165) is 6.08 Å². The maximum Gasteiger partial charge on any atom is 0.320 e. The van der Waals surface area contributed by atoms with Crippen LogP contribution in [0.4, 0.5) is 10.1 Å². The summed E-state index contributed by atoms with van der Waals surface area (Å²) < 4.78 is 47.4. The molecule has 2 aromatic rings. The highest BCUT2D eigenvalue weighted by atomic mass is 35.5. The van der Waals surface area contributed by atoms with Crippen LogP contribution in [0.2, 0.25) is 5.02 Å². The lowest BCUT2D eigenvalue weighted by Crippen LogP contribution is -2.40. The smallest absolute Gasteiger partial charge is 0.320 e. The Bertz CT molecular complexity index is 1370. The molecule has 2 aromatic carbocycles. The molecule has 0 aromatic heterocycles. The molecule has 0 aliphatic carbocycles. The van der Waals surface area contributed by atoms with Gasteiger partial charge in [-0.05, 0) is 42.8 Å². The van der Waals surface area contributed by atoms with E-state index in [1.165, 1.54) is 24.3 Å². The number of nitrogens with one attached hydrogen (secondary N) is 2. The van der Waals surface area contributed by atoms with E-state index in [-0.39, 0.29) is 47.5 Å². The van der Waals surface area contributed by atoms with Crippen molar-refractivity contribution in [2.75, 3.05) is 29.7 Å². The van der Waals surface area contributed by atoms with Gasteiger partial charge in [0.2, 0.25) is 10.0 Å². The van der Waals surface area contributed by atoms with Crippen LogP contribution in [0.5, 0.6) is 5.75 Å². The number of amidine groups is 2. The van der Waals surface area contributed by atoms with Crippen molar-refractivity contribution in [3.8, 4) is 5.75 Å². The van der Waals surface area contributed by atoms with Gasteiger partial charge in [-0.25, -0.2) is 12.8 Å². The Morgan fingerprint density at radius 2 is 1.88 bits per heavy atom. The van der Waals surface area contributed by atoms with Crippen LogP contribution in [0.15, 0.2) is 48.3 Å². The minimum absolute atomic E-state index is 0. The molecule has 1 fully saturated rings. The Labute approximate surface area is 249 Å². The average Bonchev–Trinajstić information content (AvgIpc) is 2.83. The second kappa shape index (κ2) is 15.1. The maximum atomic E-state index is 15.0. The molecule has 1 heterocycles. The molecule has 1 aliphatic heterocycles. The van der Waals surface area contributed by atoms with Crippen LogP contribution >= 0.6 is 36.4 Å². The SMILES string of the molecule is CC(=N)N1CCC(Oc2ccc(N(C/C(F)=C/c3cccc(C(=N)N)c3)S(=O)(=O)CC(=O)O)cc2Cl)CC1.Cl.Cl. The first-order valence-electron chi connectivity index (χ1n) is 11.6. The fourth-order valence-electron chi connectivity index (χ4n) is 3.97. The van der Waals surface area contributed by atoms with Crippen molar-refractivity contribution < 1.29 is 27.4 Å². The second-order valence-corrected chi connectivity index (χ2v) is 11.1. The number of carbonyl (C=O) groups is 1. The monoisotopic (exact) mass is 637 g/mol. The third-order valence-corrected chi connectivity index (χ3v) is 7.79. The lowest BCUT2D eigenvalue weighted by Gasteiger charge is -2.33. The molecular weight excluding hydrogens is 608 g/mol. The van der Waals surface area contributed by atoms with Crippen molar-refractivity contribution in [3.63, 3.8) is 0 Å². The molecule has 0 radical (unpaired) electrons. The molecule has 220 valence electrons. The zero-order valence-electron chi connectivity index (χ0n) is 21.5. The van der Waals surface area contributed by atoms with E-state index < -0.39 is 34.1 Å². The summed E-state index contributed by atoms with van der Waals surface area (Å²) in [5.74, 6) is -3.12. The van der Waals surface area contributed by atoms with Crippen molar-refractivity contribution in [1.29, 1.82) is 10.8 Å². The van der Waals surface area contributed by atoms with Crippen molar-refractivity contribution in [3.05, 3.63) is 64.4 Å². The molecule has 40 heavy (non-hydrogen) atoms. The molecule has 15 heteroatoms. The number of hydrogen-bond donors (Lipinski definition) is 4. The number of anilines is 1. The van der Waals surface area contributed by atoms with Crippen LogP contribution in [0.25, 0.3) is 6.08 Å². The van der Waals surface area contributed by atoms with E-state index in [4.69, 9.17) is 38.0 Å². The number of carboxylic acid groups (broad SMARTS) is 1. The highest BCUT2D eigenvalue weighted by Crippen LogP contribution is 2.33. The summed E-state index contributed by atoms with van der Waals surface area (Å²) in [4.78, 5) is 13.2. The van der Waals surface area contributed by atoms with Gasteiger partial charge in [0.1, 0.15) is 23.5 Å². The molecule has 1 aliphatic rings. The molecule has 0 saturated carbocycles. The zero-order chi connectivity index (χ0) is 28.0. The molecule has 0 bridgehead atoms. The van der Waals surface area contributed by atoms with Crippen molar-refractivity contribution in [2.45, 2.75) is 25.9 Å². The first kappa shape index (κ1) is 35.0. The minimum atomic E-state index is -4.48. The number of nitrogens with two attached hydrogens (primary N) is 1. The Balaban J connectivity index is 0.00000400. The summed E-state index contributed by atoms with van der Waals surface area (Å²) in [6, 6.07) is 10.3. The lowest BCUT2D eigenvalue weighted by atomic mass is 10.1. The van der Waals surface area contributed by atoms with Gasteiger partial charge in [-0.2, -0.15) is 0 Å². The highest BCUT2D eigenvalue weighted by molar-refractivity contribution is 7.93. The van der Waals surface area contributed by atoms with E-state index in [9.17, 15) is 13.2 Å². The molecule has 0 spiro atoms. The van der Waals surface area contributed by atoms with Gasteiger partial charge in [0.05, 0.1) is 23.1 Å². The van der Waals surface area contributed by atoms with Crippen molar-refractivity contribution >= 4 is 75.8 Å². The Morgan fingerprint density at radius 3 is 2.42 bits per heavy atom. The van der Waals surface area contributed by atoms with Crippen LogP contribution in [-0.4, -0.2) is 67.6 Å². The Kier molecular flexibility index (Phi) is 13.2. The van der Waals surface area contributed by atoms with E-state index in [0.29, 0.717) is 52.9 Å². The fourth-order valence-corrected chi connectivity index (χ4v) is 5.41. The summed E-state index contributed by atoms with van der Waals surface area (Å²) in [6.45, 7) is 2.27. The number of rotatable bonds is 10. The number of aliphatic carboxylic acids is 1. The summed E-state index contributed by atoms with van der Waals surface area (Å²) in [6.07, 6.45) is 2.28. The number of sulfonamides is 1. The largest absolute Gasteiger partial charge is 0.489 e. The third-order valence-electron chi connectivity index (χ3n) is 5.87. The number of halogens is 4. The van der Waals surface area contributed by atoms with Crippen LogP contribution in [0, 0.1) is 10.8 Å². The van der Waals surface area contributed by atoms with E-state index in [1.54, 1.807) is 25.1 Å². The number of likely N-dealkylation sites (tertiary alicyclic amines) is 1. The predicted octanol–water partition coefficient (Wildman–Crippen LogP) is 4.54. The lowest BCUT2D eigenvalue weighted by molar-refractivity contribution is -0.134. The van der Waals surface area contributed by atoms with Gasteiger partial charge in [-0.15, -0.1) is 24.8 Å². The van der Waals surface area contributed by atoms with Gasteiger partial charge < -0.3 is 20.5 Å². The van der Waals surface area contributed by atoms with E-state index in [1.807, 2.05) is 4.90 Å². The molecule has 0 atom stereocenters.